The molecule has 0 fully saturated rings. The number of sulfone groups is 1. The standard InChI is InChI=1S/C11H11N3O2S/c1-17(15,16)10-7-8-12-11(14-10)13-9-5-3-2-4-6-9/h2-8H,1H3,(H,12,13,14). The van der Waals surface area contributed by atoms with Crippen LogP contribution in [-0.2, 0) is 9.84 Å². The lowest BCUT2D eigenvalue weighted by Gasteiger charge is -2.04. The Bertz CT molecular complexity index is 612. The zero-order chi connectivity index (χ0) is 12.3. The van der Waals surface area contributed by atoms with Crippen LogP contribution in [0, 0.1) is 0 Å². The van der Waals surface area contributed by atoms with Crippen LogP contribution in [0.4, 0.5) is 11.6 Å². The monoisotopic (exact) mass is 249 g/mol. The van der Waals surface area contributed by atoms with Crippen molar-refractivity contribution < 1.29 is 8.42 Å². The van der Waals surface area contributed by atoms with E-state index in [4.69, 9.17) is 0 Å². The SMILES string of the molecule is CS(=O)(=O)c1ccnc(Nc2ccccc2)n1. The van der Waals surface area contributed by atoms with Gasteiger partial charge in [0.2, 0.25) is 5.95 Å². The van der Waals surface area contributed by atoms with E-state index in [1.165, 1.54) is 12.3 Å². The molecular weight excluding hydrogens is 238 g/mol. The fraction of sp³-hybridized carbons (Fsp3) is 0.0909. The fourth-order valence-corrected chi connectivity index (χ4v) is 1.82. The van der Waals surface area contributed by atoms with Gasteiger partial charge in [-0.3, -0.25) is 0 Å². The summed E-state index contributed by atoms with van der Waals surface area (Å²) in [6, 6.07) is 10.7. The topological polar surface area (TPSA) is 72.0 Å². The zero-order valence-corrected chi connectivity index (χ0v) is 9.98. The summed E-state index contributed by atoms with van der Waals surface area (Å²) < 4.78 is 22.6. The number of nitrogens with zero attached hydrogens (tertiary/aromatic N) is 2. The summed E-state index contributed by atoms with van der Waals surface area (Å²) in [6.45, 7) is 0. The molecule has 17 heavy (non-hydrogen) atoms. The molecule has 0 aliphatic rings. The molecule has 0 atom stereocenters. The van der Waals surface area contributed by atoms with Crippen molar-refractivity contribution in [3.8, 4) is 0 Å². The molecule has 0 saturated carbocycles. The van der Waals surface area contributed by atoms with E-state index in [0.717, 1.165) is 11.9 Å². The summed E-state index contributed by atoms with van der Waals surface area (Å²) in [4.78, 5) is 7.89. The van der Waals surface area contributed by atoms with E-state index < -0.39 is 9.84 Å². The van der Waals surface area contributed by atoms with Gasteiger partial charge in [0.15, 0.2) is 14.9 Å². The smallest absolute Gasteiger partial charge is 0.228 e. The highest BCUT2D eigenvalue weighted by Gasteiger charge is 2.09. The van der Waals surface area contributed by atoms with Crippen LogP contribution >= 0.6 is 0 Å². The number of rotatable bonds is 3. The van der Waals surface area contributed by atoms with Crippen molar-refractivity contribution in [3.63, 3.8) is 0 Å². The number of nitrogens with one attached hydrogen (secondary N) is 1. The Hall–Kier alpha value is -1.95. The molecule has 0 radical (unpaired) electrons. The minimum absolute atomic E-state index is 0.00549. The van der Waals surface area contributed by atoms with Crippen molar-refractivity contribution in [1.82, 2.24) is 9.97 Å². The van der Waals surface area contributed by atoms with Gasteiger partial charge in [-0.15, -0.1) is 0 Å². The van der Waals surface area contributed by atoms with Gasteiger partial charge in [0.25, 0.3) is 0 Å². The van der Waals surface area contributed by atoms with Crippen LogP contribution in [0.5, 0.6) is 0 Å². The van der Waals surface area contributed by atoms with Crippen LogP contribution in [0.1, 0.15) is 0 Å². The van der Waals surface area contributed by atoms with Gasteiger partial charge >= 0.3 is 0 Å². The van der Waals surface area contributed by atoms with Crippen LogP contribution in [0.2, 0.25) is 0 Å². The molecule has 1 heterocycles. The van der Waals surface area contributed by atoms with Gasteiger partial charge in [0.1, 0.15) is 0 Å². The van der Waals surface area contributed by atoms with Gasteiger partial charge in [-0.2, -0.15) is 0 Å². The van der Waals surface area contributed by atoms with Gasteiger partial charge in [0, 0.05) is 18.1 Å². The molecule has 5 nitrogen and oxygen atoms in total. The Labute approximate surface area is 99.5 Å². The first kappa shape index (κ1) is 11.5. The predicted octanol–water partition coefficient (Wildman–Crippen LogP) is 1.62. The molecule has 1 aromatic carbocycles. The second-order valence-corrected chi connectivity index (χ2v) is 5.44. The van der Waals surface area contributed by atoms with Gasteiger partial charge in [0.05, 0.1) is 0 Å². The van der Waals surface area contributed by atoms with E-state index in [-0.39, 0.29) is 11.0 Å². The molecule has 0 aliphatic heterocycles. The Kier molecular flexibility index (Phi) is 3.06. The number of benzene rings is 1. The van der Waals surface area contributed by atoms with Gasteiger partial charge < -0.3 is 5.32 Å². The summed E-state index contributed by atoms with van der Waals surface area (Å²) in [7, 11) is -3.31. The largest absolute Gasteiger partial charge is 0.324 e. The number of hydrogen-bond donors (Lipinski definition) is 1. The predicted molar refractivity (Wildman–Crippen MR) is 64.9 cm³/mol. The van der Waals surface area contributed by atoms with Crippen molar-refractivity contribution in [2.45, 2.75) is 5.03 Å². The summed E-state index contributed by atoms with van der Waals surface area (Å²) in [6.07, 6.45) is 2.52. The molecule has 0 spiro atoms. The first-order chi connectivity index (χ1) is 8.05. The molecule has 0 saturated heterocycles. The lowest BCUT2D eigenvalue weighted by molar-refractivity contribution is 0.598. The molecule has 1 N–H and O–H groups in total. The average molecular weight is 249 g/mol. The van der Waals surface area contributed by atoms with Crippen molar-refractivity contribution in [1.29, 1.82) is 0 Å². The van der Waals surface area contributed by atoms with Crippen molar-refractivity contribution in [2.24, 2.45) is 0 Å². The molecule has 0 amide bonds. The van der Waals surface area contributed by atoms with Crippen LogP contribution in [0.3, 0.4) is 0 Å². The number of para-hydroxylation sites is 1. The lowest BCUT2D eigenvalue weighted by atomic mass is 10.3. The van der Waals surface area contributed by atoms with Crippen molar-refractivity contribution in [3.05, 3.63) is 42.6 Å². The maximum absolute atomic E-state index is 11.3. The molecule has 6 heteroatoms. The third-order valence-corrected chi connectivity index (χ3v) is 3.03. The van der Waals surface area contributed by atoms with Crippen molar-refractivity contribution >= 4 is 21.5 Å². The molecule has 0 bridgehead atoms. The summed E-state index contributed by atoms with van der Waals surface area (Å²) in [5.74, 6) is 0.263. The fourth-order valence-electron chi connectivity index (χ4n) is 1.26. The minimum Gasteiger partial charge on any atom is -0.324 e. The molecule has 0 unspecified atom stereocenters. The van der Waals surface area contributed by atoms with E-state index in [0.29, 0.717) is 0 Å². The average Bonchev–Trinajstić information content (AvgIpc) is 2.29. The molecule has 0 aliphatic carbocycles. The maximum atomic E-state index is 11.3. The Morgan fingerprint density at radius 1 is 1.12 bits per heavy atom. The first-order valence-electron chi connectivity index (χ1n) is 4.91. The summed E-state index contributed by atoms with van der Waals surface area (Å²) >= 11 is 0. The quantitative estimate of drug-likeness (QED) is 0.837. The second-order valence-electron chi connectivity index (χ2n) is 3.48. The van der Waals surface area contributed by atoms with E-state index in [1.807, 2.05) is 30.3 Å². The zero-order valence-electron chi connectivity index (χ0n) is 9.16. The molecule has 88 valence electrons. The maximum Gasteiger partial charge on any atom is 0.228 e. The number of aromatic nitrogens is 2. The van der Waals surface area contributed by atoms with E-state index in [9.17, 15) is 8.42 Å². The van der Waals surface area contributed by atoms with Gasteiger partial charge in [-0.05, 0) is 18.2 Å². The van der Waals surface area contributed by atoms with Crippen LogP contribution in [0.15, 0.2) is 47.6 Å². The van der Waals surface area contributed by atoms with Crippen molar-refractivity contribution in [2.75, 3.05) is 11.6 Å². The first-order valence-corrected chi connectivity index (χ1v) is 6.80. The molecule has 2 aromatic rings. The Morgan fingerprint density at radius 2 is 1.82 bits per heavy atom. The minimum atomic E-state index is -3.31. The highest BCUT2D eigenvalue weighted by atomic mass is 32.2. The third-order valence-electron chi connectivity index (χ3n) is 2.04. The van der Waals surface area contributed by atoms with E-state index >= 15 is 0 Å². The summed E-state index contributed by atoms with van der Waals surface area (Å²) in [5.41, 5.74) is 0.804. The molecule has 1 aromatic heterocycles. The van der Waals surface area contributed by atoms with Gasteiger partial charge in [-0.1, -0.05) is 18.2 Å². The van der Waals surface area contributed by atoms with Crippen LogP contribution < -0.4 is 5.32 Å². The van der Waals surface area contributed by atoms with E-state index in [2.05, 4.69) is 15.3 Å². The lowest BCUT2D eigenvalue weighted by Crippen LogP contribution is -2.04. The highest BCUT2D eigenvalue weighted by Crippen LogP contribution is 2.13. The third kappa shape index (κ3) is 3.01. The van der Waals surface area contributed by atoms with Crippen LogP contribution in [0.25, 0.3) is 0 Å². The van der Waals surface area contributed by atoms with E-state index in [1.54, 1.807) is 0 Å². The second kappa shape index (κ2) is 4.50. The molecule has 2 rings (SSSR count). The normalized spacial score (nSPS) is 11.1. The highest BCUT2D eigenvalue weighted by molar-refractivity contribution is 7.90. The Morgan fingerprint density at radius 3 is 2.47 bits per heavy atom. The molecular formula is C11H11N3O2S. The van der Waals surface area contributed by atoms with Crippen LogP contribution in [-0.4, -0.2) is 24.6 Å². The summed E-state index contributed by atoms with van der Waals surface area (Å²) in [5, 5.41) is 2.94. The Balaban J connectivity index is 2.29. The van der Waals surface area contributed by atoms with Gasteiger partial charge in [-0.25, -0.2) is 18.4 Å². The number of hydrogen-bond acceptors (Lipinski definition) is 5. The number of anilines is 2.